The van der Waals surface area contributed by atoms with Crippen molar-refractivity contribution in [3.8, 4) is 5.88 Å². The van der Waals surface area contributed by atoms with E-state index < -0.39 is 35.2 Å². The largest absolute Gasteiger partial charge is 0.476 e. The number of nitrogens with two attached hydrogens (primary N) is 1. The van der Waals surface area contributed by atoms with Gasteiger partial charge in [0.15, 0.2) is 0 Å². The van der Waals surface area contributed by atoms with Crippen LogP contribution >= 0.6 is 0 Å². The van der Waals surface area contributed by atoms with Crippen LogP contribution in [-0.2, 0) is 16.5 Å². The topological polar surface area (TPSA) is 94.0 Å². The Kier molecular flexibility index (Phi) is 2.58. The molecule has 0 fully saturated rings. The molecule has 1 aliphatic rings. The number of nitrogens with zero attached hydrogens (tertiary/aromatic N) is 2. The Morgan fingerprint density at radius 2 is 2.29 bits per heavy atom. The maximum Gasteiger partial charge on any atom is 0.396 e. The number of nitrogens with one attached hydrogen (secondary N) is 1. The van der Waals surface area contributed by atoms with Gasteiger partial charge in [-0.3, -0.25) is 0 Å². The van der Waals surface area contributed by atoms with E-state index in [1.807, 2.05) is 0 Å². The predicted molar refractivity (Wildman–Crippen MR) is 50.6 cm³/mol. The molecule has 0 radical (unpaired) electrons. The van der Waals surface area contributed by atoms with Crippen LogP contribution in [0.25, 0.3) is 0 Å². The van der Waals surface area contributed by atoms with Crippen LogP contribution in [0, 0.1) is 10.7 Å². The molecular weight excluding hydrogens is 261 g/mol. The molecule has 0 amide bonds. The molecular formula is C7H9F3N4O2S. The standard InChI is InChI=1S/C7H9F3N4O2S/c8-7(9,10)4-2-14-6(16-3-4)5(1-13-14)17(11,12)15/h1,4H,2-3H2,(H3,11,12,15). The number of hydrogen-bond donors (Lipinski definition) is 2. The maximum absolute atomic E-state index is 12.4. The second-order valence-electron chi connectivity index (χ2n) is 3.65. The number of rotatable bonds is 1. The molecule has 96 valence electrons. The molecule has 2 rings (SSSR count). The first-order valence-electron chi connectivity index (χ1n) is 4.51. The molecule has 0 spiro atoms. The number of aromatic nitrogens is 2. The van der Waals surface area contributed by atoms with Crippen LogP contribution in [-0.4, -0.2) is 26.8 Å². The van der Waals surface area contributed by atoms with E-state index in [0.29, 0.717) is 0 Å². The fraction of sp³-hybridized carbons (Fsp3) is 0.571. The molecule has 0 bridgehead atoms. The minimum Gasteiger partial charge on any atom is -0.476 e. The van der Waals surface area contributed by atoms with Gasteiger partial charge in [-0.25, -0.2) is 18.8 Å². The lowest BCUT2D eigenvalue weighted by Crippen LogP contribution is -2.36. The van der Waals surface area contributed by atoms with Crippen molar-refractivity contribution in [2.75, 3.05) is 6.61 Å². The highest BCUT2D eigenvalue weighted by Crippen LogP contribution is 2.34. The first-order valence-corrected chi connectivity index (χ1v) is 6.13. The summed E-state index contributed by atoms with van der Waals surface area (Å²) in [5, 5.41) is 8.68. The molecule has 3 N–H and O–H groups in total. The van der Waals surface area contributed by atoms with Gasteiger partial charge >= 0.3 is 6.18 Å². The quantitative estimate of drug-likeness (QED) is 0.787. The third kappa shape index (κ3) is 2.22. The third-order valence-corrected chi connectivity index (χ3v) is 3.30. The van der Waals surface area contributed by atoms with Gasteiger partial charge in [0.25, 0.3) is 0 Å². The maximum atomic E-state index is 12.4. The van der Waals surface area contributed by atoms with Crippen LogP contribution in [0.5, 0.6) is 5.88 Å². The minimum absolute atomic E-state index is 0.118. The molecule has 2 atom stereocenters. The summed E-state index contributed by atoms with van der Waals surface area (Å²) in [4.78, 5) is -0.182. The van der Waals surface area contributed by atoms with Crippen LogP contribution in [0.15, 0.2) is 11.1 Å². The predicted octanol–water partition coefficient (Wildman–Crippen LogP) is 0.733. The smallest absolute Gasteiger partial charge is 0.396 e. The average Bonchev–Trinajstić information content (AvgIpc) is 2.57. The van der Waals surface area contributed by atoms with E-state index in [0.717, 1.165) is 10.9 Å². The summed E-state index contributed by atoms with van der Waals surface area (Å²) in [5.74, 6) is -1.78. The van der Waals surface area contributed by atoms with Gasteiger partial charge in [0.1, 0.15) is 27.3 Å². The Bertz CT molecular complexity index is 536. The highest BCUT2D eigenvalue weighted by atomic mass is 32.2. The zero-order chi connectivity index (χ0) is 12.8. The average molecular weight is 270 g/mol. The molecule has 0 saturated carbocycles. The lowest BCUT2D eigenvalue weighted by molar-refractivity contribution is -0.191. The van der Waals surface area contributed by atoms with Crippen LogP contribution in [0.2, 0.25) is 0 Å². The summed E-state index contributed by atoms with van der Waals surface area (Å²) < 4.78 is 61.5. The lowest BCUT2D eigenvalue weighted by Gasteiger charge is -2.26. The number of fused-ring (bicyclic) bond motifs is 1. The SMILES string of the molecule is N=S(N)(=O)c1cnn2c1OCC(C(F)(F)F)C2. The van der Waals surface area contributed by atoms with E-state index in [4.69, 9.17) is 14.7 Å². The zero-order valence-electron chi connectivity index (χ0n) is 8.40. The summed E-state index contributed by atoms with van der Waals surface area (Å²) >= 11 is 0. The van der Waals surface area contributed by atoms with Gasteiger partial charge in [0, 0.05) is 0 Å². The van der Waals surface area contributed by atoms with E-state index in [2.05, 4.69) is 5.10 Å². The number of hydrogen-bond acceptors (Lipinski definition) is 4. The fourth-order valence-corrected chi connectivity index (χ4v) is 2.11. The van der Waals surface area contributed by atoms with Crippen molar-refractivity contribution < 1.29 is 22.1 Å². The van der Waals surface area contributed by atoms with Crippen molar-refractivity contribution in [1.29, 1.82) is 4.78 Å². The van der Waals surface area contributed by atoms with Crippen molar-refractivity contribution >= 4 is 9.92 Å². The molecule has 2 unspecified atom stereocenters. The molecule has 0 aromatic carbocycles. The Labute approximate surface area is 94.6 Å². The molecule has 1 aromatic heterocycles. The van der Waals surface area contributed by atoms with Gasteiger partial charge in [0.05, 0.1) is 12.7 Å². The normalized spacial score (nSPS) is 23.6. The van der Waals surface area contributed by atoms with Crippen molar-refractivity contribution in [2.45, 2.75) is 17.6 Å². The summed E-state index contributed by atoms with van der Waals surface area (Å²) in [6, 6.07) is 0. The van der Waals surface area contributed by atoms with E-state index >= 15 is 0 Å². The van der Waals surface area contributed by atoms with Crippen molar-refractivity contribution in [3.63, 3.8) is 0 Å². The van der Waals surface area contributed by atoms with Crippen molar-refractivity contribution in [1.82, 2.24) is 9.78 Å². The second-order valence-corrected chi connectivity index (χ2v) is 5.29. The molecule has 6 nitrogen and oxygen atoms in total. The Balaban J connectivity index is 2.34. The Morgan fingerprint density at radius 3 is 2.82 bits per heavy atom. The number of ether oxygens (including phenoxy) is 1. The van der Waals surface area contributed by atoms with E-state index in [9.17, 15) is 17.4 Å². The summed E-state index contributed by atoms with van der Waals surface area (Å²) in [6.45, 7) is -1.01. The van der Waals surface area contributed by atoms with Crippen LogP contribution in [0.1, 0.15) is 0 Å². The lowest BCUT2D eigenvalue weighted by atomic mass is 10.1. The van der Waals surface area contributed by atoms with Gasteiger partial charge < -0.3 is 4.74 Å². The van der Waals surface area contributed by atoms with E-state index in [1.54, 1.807) is 0 Å². The van der Waals surface area contributed by atoms with Gasteiger partial charge in [-0.2, -0.15) is 18.3 Å². The van der Waals surface area contributed by atoms with Crippen LogP contribution in [0.4, 0.5) is 13.2 Å². The highest BCUT2D eigenvalue weighted by molar-refractivity contribution is 7.90. The van der Waals surface area contributed by atoms with Crippen molar-refractivity contribution in [2.24, 2.45) is 11.1 Å². The number of alkyl halides is 3. The van der Waals surface area contributed by atoms with Gasteiger partial charge in [0.2, 0.25) is 5.88 Å². The zero-order valence-corrected chi connectivity index (χ0v) is 9.22. The van der Waals surface area contributed by atoms with Gasteiger partial charge in [-0.05, 0) is 0 Å². The van der Waals surface area contributed by atoms with Crippen LogP contribution < -0.4 is 9.88 Å². The number of halogens is 3. The molecule has 0 aliphatic carbocycles. The first kappa shape index (κ1) is 12.2. The Hall–Kier alpha value is -1.29. The fourth-order valence-electron chi connectivity index (χ4n) is 1.48. The summed E-state index contributed by atoms with van der Waals surface area (Å²) in [5.41, 5.74) is 0. The molecule has 1 aliphatic heterocycles. The van der Waals surface area contributed by atoms with E-state index in [-0.39, 0.29) is 10.8 Å². The molecule has 17 heavy (non-hydrogen) atoms. The van der Waals surface area contributed by atoms with Crippen LogP contribution in [0.3, 0.4) is 0 Å². The summed E-state index contributed by atoms with van der Waals surface area (Å²) in [7, 11) is -3.54. The third-order valence-electron chi connectivity index (χ3n) is 2.36. The van der Waals surface area contributed by atoms with Crippen molar-refractivity contribution in [3.05, 3.63) is 6.20 Å². The molecule has 10 heteroatoms. The molecule has 0 saturated heterocycles. The second kappa shape index (κ2) is 3.60. The molecule has 2 heterocycles. The Morgan fingerprint density at radius 1 is 1.65 bits per heavy atom. The highest BCUT2D eigenvalue weighted by Gasteiger charge is 2.43. The van der Waals surface area contributed by atoms with Gasteiger partial charge in [-0.1, -0.05) is 0 Å². The minimum atomic E-state index is -4.38. The first-order chi connectivity index (χ1) is 7.69. The van der Waals surface area contributed by atoms with Gasteiger partial charge in [-0.15, -0.1) is 0 Å². The monoisotopic (exact) mass is 270 g/mol. The summed E-state index contributed by atoms with van der Waals surface area (Å²) in [6.07, 6.45) is -3.38. The van der Waals surface area contributed by atoms with E-state index in [1.165, 1.54) is 0 Å². The molecule has 1 aromatic rings.